The molecule has 0 atom stereocenters. The second-order valence-electron chi connectivity index (χ2n) is 5.21. The highest BCUT2D eigenvalue weighted by Crippen LogP contribution is 2.39. The second kappa shape index (κ2) is 5.63. The van der Waals surface area contributed by atoms with Crippen LogP contribution in [0.15, 0.2) is 48.1 Å². The van der Waals surface area contributed by atoms with Gasteiger partial charge >= 0.3 is 5.97 Å². The van der Waals surface area contributed by atoms with Gasteiger partial charge in [0.1, 0.15) is 5.60 Å². The van der Waals surface area contributed by atoms with Gasteiger partial charge in [-0.2, -0.15) is 0 Å². The summed E-state index contributed by atoms with van der Waals surface area (Å²) in [6.45, 7) is 1.32. The van der Waals surface area contributed by atoms with Gasteiger partial charge in [0.05, 0.1) is 13.2 Å². The molecule has 2 aliphatic rings. The second-order valence-corrected chi connectivity index (χ2v) is 5.21. The fourth-order valence-corrected chi connectivity index (χ4v) is 2.82. The lowest BCUT2D eigenvalue weighted by atomic mass is 9.85. The van der Waals surface area contributed by atoms with Crippen LogP contribution in [0.1, 0.15) is 24.8 Å². The fraction of sp³-hybridized carbons (Fsp3) is 0.353. The Morgan fingerprint density at radius 3 is 2.65 bits per heavy atom. The highest BCUT2D eigenvalue weighted by atomic mass is 16.6. The molecule has 1 aromatic carbocycles. The number of hydrogen-bond acceptors (Lipinski definition) is 3. The van der Waals surface area contributed by atoms with Crippen molar-refractivity contribution in [3.8, 4) is 0 Å². The zero-order chi connectivity index (χ0) is 13.8. The van der Waals surface area contributed by atoms with Crippen molar-refractivity contribution in [3.05, 3.63) is 53.6 Å². The minimum atomic E-state index is -0.406. The molecule has 0 N–H and O–H groups in total. The van der Waals surface area contributed by atoms with Crippen LogP contribution in [0.4, 0.5) is 0 Å². The summed E-state index contributed by atoms with van der Waals surface area (Å²) in [6.07, 6.45) is 8.12. The van der Waals surface area contributed by atoms with E-state index in [4.69, 9.17) is 9.47 Å². The Kier molecular flexibility index (Phi) is 3.70. The van der Waals surface area contributed by atoms with Gasteiger partial charge in [-0.3, -0.25) is 0 Å². The summed E-state index contributed by atoms with van der Waals surface area (Å²) in [5.41, 5.74) is 1.84. The maximum absolute atomic E-state index is 11.6. The van der Waals surface area contributed by atoms with Crippen molar-refractivity contribution in [3.63, 3.8) is 0 Å². The highest BCUT2D eigenvalue weighted by molar-refractivity contribution is 5.87. The van der Waals surface area contributed by atoms with Crippen molar-refractivity contribution in [1.82, 2.24) is 0 Å². The number of allylic oxidation sites excluding steroid dienone is 1. The molecule has 0 saturated carbocycles. The molecule has 3 heteroatoms. The molecule has 2 heterocycles. The molecule has 0 unspecified atom stereocenters. The van der Waals surface area contributed by atoms with Crippen LogP contribution in [0, 0.1) is 0 Å². The molecule has 3 nitrogen and oxygen atoms in total. The first kappa shape index (κ1) is 13.1. The molecule has 0 aromatic heterocycles. The van der Waals surface area contributed by atoms with E-state index in [9.17, 15) is 4.79 Å². The van der Waals surface area contributed by atoms with Crippen LogP contribution in [-0.4, -0.2) is 24.8 Å². The zero-order valence-corrected chi connectivity index (χ0v) is 11.4. The van der Waals surface area contributed by atoms with Gasteiger partial charge in [-0.15, -0.1) is 0 Å². The van der Waals surface area contributed by atoms with Crippen LogP contribution in [0.5, 0.6) is 0 Å². The molecule has 0 aliphatic carbocycles. The van der Waals surface area contributed by atoms with E-state index >= 15 is 0 Å². The van der Waals surface area contributed by atoms with E-state index in [0.29, 0.717) is 13.2 Å². The van der Waals surface area contributed by atoms with E-state index < -0.39 is 5.60 Å². The van der Waals surface area contributed by atoms with Crippen molar-refractivity contribution >= 4 is 12.0 Å². The molecule has 104 valence electrons. The Morgan fingerprint density at radius 1 is 1.15 bits per heavy atom. The van der Waals surface area contributed by atoms with Crippen molar-refractivity contribution in [2.24, 2.45) is 0 Å². The van der Waals surface area contributed by atoms with Crippen molar-refractivity contribution in [1.29, 1.82) is 0 Å². The smallest absolute Gasteiger partial charge is 0.331 e. The predicted molar refractivity (Wildman–Crippen MR) is 77.1 cm³/mol. The summed E-state index contributed by atoms with van der Waals surface area (Å²) < 4.78 is 10.9. The van der Waals surface area contributed by atoms with Crippen molar-refractivity contribution in [2.75, 3.05) is 13.2 Å². The third-order valence-electron chi connectivity index (χ3n) is 3.92. The van der Waals surface area contributed by atoms with Crippen LogP contribution in [-0.2, 0) is 14.3 Å². The van der Waals surface area contributed by atoms with E-state index in [1.165, 1.54) is 5.56 Å². The summed E-state index contributed by atoms with van der Waals surface area (Å²) in [5, 5.41) is 0. The molecular weight excluding hydrogens is 252 g/mol. The maximum Gasteiger partial charge on any atom is 0.331 e. The topological polar surface area (TPSA) is 35.5 Å². The first-order valence-electron chi connectivity index (χ1n) is 7.02. The first-order chi connectivity index (χ1) is 9.78. The van der Waals surface area contributed by atoms with Crippen LogP contribution in [0.3, 0.4) is 0 Å². The average molecular weight is 270 g/mol. The molecule has 2 aliphatic heterocycles. The van der Waals surface area contributed by atoms with Gasteiger partial charge in [0.15, 0.2) is 0 Å². The van der Waals surface area contributed by atoms with Gasteiger partial charge in [-0.25, -0.2) is 4.79 Å². The minimum Gasteiger partial charge on any atom is -0.451 e. The van der Waals surface area contributed by atoms with Gasteiger partial charge < -0.3 is 9.47 Å². The first-order valence-corrected chi connectivity index (χ1v) is 7.02. The van der Waals surface area contributed by atoms with E-state index in [-0.39, 0.29) is 5.97 Å². The quantitative estimate of drug-likeness (QED) is 0.792. The third kappa shape index (κ3) is 2.68. The number of ether oxygens (including phenoxy) is 2. The zero-order valence-electron chi connectivity index (χ0n) is 11.4. The average Bonchev–Trinajstić information content (AvgIpc) is 2.76. The summed E-state index contributed by atoms with van der Waals surface area (Å²) in [7, 11) is 0. The molecule has 1 saturated heterocycles. The molecule has 1 spiro atoms. The molecule has 0 bridgehead atoms. The predicted octanol–water partition coefficient (Wildman–Crippen LogP) is 3.12. The summed E-state index contributed by atoms with van der Waals surface area (Å²) >= 11 is 0. The lowest BCUT2D eigenvalue weighted by Crippen LogP contribution is -2.38. The van der Waals surface area contributed by atoms with Crippen molar-refractivity contribution < 1.29 is 14.3 Å². The minimum absolute atomic E-state index is 0.213. The molecule has 0 amide bonds. The van der Waals surface area contributed by atoms with Crippen LogP contribution in [0.25, 0.3) is 6.08 Å². The number of esters is 1. The van der Waals surface area contributed by atoms with Gasteiger partial charge in [-0.1, -0.05) is 42.5 Å². The standard InChI is InChI=1S/C17H18O3/c18-16-13-15(17(20-16)9-11-19-12-10-17)8-4-7-14-5-2-1-3-6-14/h1-7,13H,8-12H2/b7-4+. The van der Waals surface area contributed by atoms with Crippen molar-refractivity contribution in [2.45, 2.75) is 24.9 Å². The number of rotatable bonds is 3. The molecule has 1 aromatic rings. The lowest BCUT2D eigenvalue weighted by Gasteiger charge is -2.34. The maximum atomic E-state index is 11.6. The van der Waals surface area contributed by atoms with E-state index in [2.05, 4.69) is 24.3 Å². The Bertz CT molecular complexity index is 537. The third-order valence-corrected chi connectivity index (χ3v) is 3.92. The number of hydrogen-bond donors (Lipinski definition) is 0. The number of benzene rings is 1. The number of carbonyl (C=O) groups excluding carboxylic acids is 1. The highest BCUT2D eigenvalue weighted by Gasteiger charge is 2.43. The largest absolute Gasteiger partial charge is 0.451 e. The lowest BCUT2D eigenvalue weighted by molar-refractivity contribution is -0.152. The van der Waals surface area contributed by atoms with Gasteiger partial charge in [0, 0.05) is 18.9 Å². The van der Waals surface area contributed by atoms with Gasteiger partial charge in [0.2, 0.25) is 0 Å². The van der Waals surface area contributed by atoms with Crippen LogP contribution < -0.4 is 0 Å². The fourth-order valence-electron chi connectivity index (χ4n) is 2.82. The Hall–Kier alpha value is -1.87. The monoisotopic (exact) mass is 270 g/mol. The summed E-state index contributed by atoms with van der Waals surface area (Å²) in [4.78, 5) is 11.6. The Labute approximate surface area is 118 Å². The molecule has 20 heavy (non-hydrogen) atoms. The van der Waals surface area contributed by atoms with Crippen LogP contribution in [0.2, 0.25) is 0 Å². The van der Waals surface area contributed by atoms with E-state index in [1.807, 2.05) is 18.2 Å². The SMILES string of the molecule is O=C1C=C(C/C=C/c2ccccc2)C2(CCOCC2)O1. The normalized spacial score (nSPS) is 21.2. The molecule has 1 fully saturated rings. The molecule has 3 rings (SSSR count). The van der Waals surface area contributed by atoms with Gasteiger partial charge in [-0.05, 0) is 17.6 Å². The summed E-state index contributed by atoms with van der Waals surface area (Å²) in [5.74, 6) is -0.213. The van der Waals surface area contributed by atoms with E-state index in [1.54, 1.807) is 6.08 Å². The Balaban J connectivity index is 1.70. The molecule has 0 radical (unpaired) electrons. The van der Waals surface area contributed by atoms with E-state index in [0.717, 1.165) is 24.8 Å². The summed E-state index contributed by atoms with van der Waals surface area (Å²) in [6, 6.07) is 10.2. The molecular formula is C17H18O3. The number of carbonyl (C=O) groups is 1. The van der Waals surface area contributed by atoms with Crippen LogP contribution >= 0.6 is 0 Å². The van der Waals surface area contributed by atoms with Gasteiger partial charge in [0.25, 0.3) is 0 Å². The Morgan fingerprint density at radius 2 is 1.90 bits per heavy atom.